The predicted octanol–water partition coefficient (Wildman–Crippen LogP) is 2.97. The molecule has 0 radical (unpaired) electrons. The lowest BCUT2D eigenvalue weighted by molar-refractivity contribution is -0.116. The van der Waals surface area contributed by atoms with Gasteiger partial charge in [-0.15, -0.1) is 0 Å². The molecule has 0 aromatic heterocycles. The second kappa shape index (κ2) is 8.02. The van der Waals surface area contributed by atoms with Gasteiger partial charge in [0.15, 0.2) is 0 Å². The lowest BCUT2D eigenvalue weighted by Crippen LogP contribution is -2.33. The number of benzene rings is 2. The molecular formula is C19H21N3O3S. The van der Waals surface area contributed by atoms with Crippen LogP contribution in [0.5, 0.6) is 0 Å². The smallest absolute Gasteiger partial charge is 0.232 e. The van der Waals surface area contributed by atoms with E-state index in [2.05, 4.69) is 5.32 Å². The number of amides is 1. The number of carbonyl (C=O) groups is 1. The van der Waals surface area contributed by atoms with E-state index in [0.29, 0.717) is 16.9 Å². The Morgan fingerprint density at radius 2 is 1.88 bits per heavy atom. The number of hydrogen-bond acceptors (Lipinski definition) is 4. The van der Waals surface area contributed by atoms with Crippen molar-refractivity contribution in [3.63, 3.8) is 0 Å². The van der Waals surface area contributed by atoms with E-state index in [0.717, 1.165) is 17.4 Å². The molecule has 136 valence electrons. The topological polar surface area (TPSA) is 90.3 Å². The van der Waals surface area contributed by atoms with Crippen LogP contribution in [0.1, 0.15) is 23.1 Å². The fourth-order valence-corrected chi connectivity index (χ4v) is 3.54. The molecule has 0 saturated heterocycles. The summed E-state index contributed by atoms with van der Waals surface area (Å²) in [5.41, 5.74) is 3.36. The minimum atomic E-state index is -3.53. The Morgan fingerprint density at radius 1 is 1.19 bits per heavy atom. The standard InChI is InChI=1S/C19H21N3O3S/c1-14-6-4-9-18(15(14)2)22(26(3,24)25)11-10-19(23)21-17-8-5-7-16(12-17)13-20/h4-9,12H,10-11H2,1-3H3,(H,21,23). The Hall–Kier alpha value is -2.85. The predicted molar refractivity (Wildman–Crippen MR) is 103 cm³/mol. The molecule has 0 heterocycles. The molecule has 2 rings (SSSR count). The van der Waals surface area contributed by atoms with Crippen molar-refractivity contribution in [2.24, 2.45) is 0 Å². The van der Waals surface area contributed by atoms with Crippen LogP contribution in [0.15, 0.2) is 42.5 Å². The minimum Gasteiger partial charge on any atom is -0.326 e. The highest BCUT2D eigenvalue weighted by atomic mass is 32.2. The molecule has 0 bridgehead atoms. The van der Waals surface area contributed by atoms with Gasteiger partial charge in [-0.2, -0.15) is 5.26 Å². The van der Waals surface area contributed by atoms with E-state index in [1.165, 1.54) is 4.31 Å². The van der Waals surface area contributed by atoms with Crippen LogP contribution >= 0.6 is 0 Å². The molecular weight excluding hydrogens is 350 g/mol. The number of nitrogens with one attached hydrogen (secondary N) is 1. The normalized spacial score (nSPS) is 10.8. The summed E-state index contributed by atoms with van der Waals surface area (Å²) in [7, 11) is -3.53. The van der Waals surface area contributed by atoms with E-state index in [1.807, 2.05) is 26.0 Å². The Morgan fingerprint density at radius 3 is 2.54 bits per heavy atom. The molecule has 7 heteroatoms. The van der Waals surface area contributed by atoms with Gasteiger partial charge in [-0.1, -0.05) is 18.2 Å². The largest absolute Gasteiger partial charge is 0.326 e. The Kier molecular flexibility index (Phi) is 6.01. The summed E-state index contributed by atoms with van der Waals surface area (Å²) in [5, 5.41) is 11.6. The first-order valence-corrected chi connectivity index (χ1v) is 9.91. The van der Waals surface area contributed by atoms with Crippen molar-refractivity contribution in [2.75, 3.05) is 22.4 Å². The number of anilines is 2. The number of nitrogens with zero attached hydrogens (tertiary/aromatic N) is 2. The summed E-state index contributed by atoms with van der Waals surface area (Å²) in [6, 6.07) is 14.0. The van der Waals surface area contributed by atoms with Crippen LogP contribution in [0.2, 0.25) is 0 Å². The zero-order valence-corrected chi connectivity index (χ0v) is 15.8. The zero-order chi connectivity index (χ0) is 19.3. The Labute approximate surface area is 154 Å². The van der Waals surface area contributed by atoms with Crippen molar-refractivity contribution in [3.8, 4) is 6.07 Å². The van der Waals surface area contributed by atoms with E-state index < -0.39 is 10.0 Å². The van der Waals surface area contributed by atoms with Gasteiger partial charge in [0.1, 0.15) is 0 Å². The molecule has 0 aliphatic carbocycles. The lowest BCUT2D eigenvalue weighted by Gasteiger charge is -2.24. The molecule has 1 N–H and O–H groups in total. The van der Waals surface area contributed by atoms with Gasteiger partial charge in [0.25, 0.3) is 0 Å². The third-order valence-corrected chi connectivity index (χ3v) is 5.24. The van der Waals surface area contributed by atoms with Gasteiger partial charge in [0, 0.05) is 18.7 Å². The molecule has 0 aliphatic rings. The number of sulfonamides is 1. The van der Waals surface area contributed by atoms with Crippen molar-refractivity contribution in [1.29, 1.82) is 5.26 Å². The van der Waals surface area contributed by atoms with Crippen LogP contribution in [0.4, 0.5) is 11.4 Å². The van der Waals surface area contributed by atoms with Crippen LogP contribution in [-0.4, -0.2) is 27.1 Å². The number of aryl methyl sites for hydroxylation is 1. The fourth-order valence-electron chi connectivity index (χ4n) is 2.56. The van der Waals surface area contributed by atoms with Crippen LogP contribution in [0.25, 0.3) is 0 Å². The molecule has 2 aromatic rings. The second-order valence-corrected chi connectivity index (χ2v) is 7.95. The van der Waals surface area contributed by atoms with Crippen molar-refractivity contribution >= 4 is 27.3 Å². The van der Waals surface area contributed by atoms with Gasteiger partial charge in [-0.05, 0) is 49.2 Å². The maximum absolute atomic E-state index is 12.2. The average Bonchev–Trinajstić information content (AvgIpc) is 2.57. The highest BCUT2D eigenvalue weighted by Gasteiger charge is 2.20. The van der Waals surface area contributed by atoms with Crippen molar-refractivity contribution in [2.45, 2.75) is 20.3 Å². The van der Waals surface area contributed by atoms with Gasteiger partial charge >= 0.3 is 0 Å². The van der Waals surface area contributed by atoms with Crippen molar-refractivity contribution in [3.05, 3.63) is 59.2 Å². The summed E-state index contributed by atoms with van der Waals surface area (Å²) in [6.07, 6.45) is 1.13. The molecule has 0 aliphatic heterocycles. The Balaban J connectivity index is 2.14. The molecule has 0 unspecified atom stereocenters. The monoisotopic (exact) mass is 371 g/mol. The average molecular weight is 371 g/mol. The van der Waals surface area contributed by atoms with E-state index in [4.69, 9.17) is 5.26 Å². The third-order valence-electron chi connectivity index (χ3n) is 4.06. The number of carbonyl (C=O) groups excluding carboxylic acids is 1. The minimum absolute atomic E-state index is 0.00274. The molecule has 2 aromatic carbocycles. The SMILES string of the molecule is Cc1cccc(N(CCC(=O)Nc2cccc(C#N)c2)S(C)(=O)=O)c1C. The van der Waals surface area contributed by atoms with E-state index in [9.17, 15) is 13.2 Å². The second-order valence-electron chi connectivity index (χ2n) is 6.04. The van der Waals surface area contributed by atoms with Crippen LogP contribution in [0.3, 0.4) is 0 Å². The van der Waals surface area contributed by atoms with E-state index in [1.54, 1.807) is 36.4 Å². The highest BCUT2D eigenvalue weighted by molar-refractivity contribution is 7.92. The van der Waals surface area contributed by atoms with Gasteiger partial charge in [0.05, 0.1) is 23.6 Å². The van der Waals surface area contributed by atoms with Crippen LogP contribution in [0, 0.1) is 25.2 Å². The van der Waals surface area contributed by atoms with Gasteiger partial charge in [-0.25, -0.2) is 8.42 Å². The molecule has 26 heavy (non-hydrogen) atoms. The highest BCUT2D eigenvalue weighted by Crippen LogP contribution is 2.25. The van der Waals surface area contributed by atoms with Crippen LogP contribution < -0.4 is 9.62 Å². The number of rotatable bonds is 6. The molecule has 0 fully saturated rings. The molecule has 0 spiro atoms. The number of nitriles is 1. The maximum Gasteiger partial charge on any atom is 0.232 e. The lowest BCUT2D eigenvalue weighted by atomic mass is 10.1. The first-order chi connectivity index (χ1) is 12.2. The van der Waals surface area contributed by atoms with E-state index in [-0.39, 0.29) is 18.9 Å². The summed E-state index contributed by atoms with van der Waals surface area (Å²) in [5.74, 6) is -0.320. The summed E-state index contributed by atoms with van der Waals surface area (Å²) in [4.78, 5) is 12.2. The molecule has 6 nitrogen and oxygen atoms in total. The summed E-state index contributed by atoms with van der Waals surface area (Å²) < 4.78 is 25.7. The van der Waals surface area contributed by atoms with Gasteiger partial charge in [-0.3, -0.25) is 9.10 Å². The third kappa shape index (κ3) is 4.83. The molecule has 1 amide bonds. The molecule has 0 saturated carbocycles. The zero-order valence-electron chi connectivity index (χ0n) is 15.0. The first kappa shape index (κ1) is 19.5. The quantitative estimate of drug-likeness (QED) is 0.845. The summed E-state index contributed by atoms with van der Waals surface area (Å²) >= 11 is 0. The number of hydrogen-bond donors (Lipinski definition) is 1. The fraction of sp³-hybridized carbons (Fsp3) is 0.263. The van der Waals surface area contributed by atoms with Gasteiger partial charge in [0.2, 0.25) is 15.9 Å². The van der Waals surface area contributed by atoms with Gasteiger partial charge < -0.3 is 5.32 Å². The summed E-state index contributed by atoms with van der Waals surface area (Å²) in [6.45, 7) is 3.80. The Bertz CT molecular complexity index is 962. The van der Waals surface area contributed by atoms with Crippen LogP contribution in [-0.2, 0) is 14.8 Å². The first-order valence-electron chi connectivity index (χ1n) is 8.06. The molecule has 0 atom stereocenters. The maximum atomic E-state index is 12.2. The van der Waals surface area contributed by atoms with E-state index >= 15 is 0 Å². The van der Waals surface area contributed by atoms with Crippen molar-refractivity contribution < 1.29 is 13.2 Å². The van der Waals surface area contributed by atoms with Crippen molar-refractivity contribution in [1.82, 2.24) is 0 Å².